The Morgan fingerprint density at radius 2 is 2.05 bits per heavy atom. The number of pyridine rings is 1. The average molecular weight is 336 g/mol. The molecule has 2 aromatic rings. The molecule has 0 saturated heterocycles. The minimum atomic E-state index is -3.83. The summed E-state index contributed by atoms with van der Waals surface area (Å²) in [4.78, 5) is 4.11. The molecule has 114 valence electrons. The highest BCUT2D eigenvalue weighted by Gasteiger charge is 2.29. The zero-order chi connectivity index (χ0) is 16.3. The molecule has 1 heterocycles. The maximum absolute atomic E-state index is 12.7. The summed E-state index contributed by atoms with van der Waals surface area (Å²) < 4.78 is 26.7. The first-order valence-electron chi connectivity index (χ1n) is 6.46. The zero-order valence-corrected chi connectivity index (χ0v) is 13.6. The quantitative estimate of drug-likeness (QED) is 0.860. The van der Waals surface area contributed by atoms with E-state index in [0.29, 0.717) is 10.7 Å². The van der Waals surface area contributed by atoms with Crippen molar-refractivity contribution in [2.75, 3.05) is 7.05 Å². The highest BCUT2D eigenvalue weighted by Crippen LogP contribution is 2.27. The molecule has 1 atom stereocenters. The van der Waals surface area contributed by atoms with Crippen LogP contribution in [-0.4, -0.2) is 24.8 Å². The lowest BCUT2D eigenvalue weighted by atomic mass is 10.2. The first-order chi connectivity index (χ1) is 10.4. The van der Waals surface area contributed by atoms with Gasteiger partial charge in [-0.2, -0.15) is 9.57 Å². The molecule has 1 aromatic carbocycles. The van der Waals surface area contributed by atoms with E-state index in [1.54, 1.807) is 31.3 Å². The summed E-state index contributed by atoms with van der Waals surface area (Å²) in [6.07, 6.45) is 1.61. The van der Waals surface area contributed by atoms with E-state index in [2.05, 4.69) is 4.98 Å². The van der Waals surface area contributed by atoms with E-state index in [4.69, 9.17) is 16.9 Å². The third kappa shape index (κ3) is 3.12. The van der Waals surface area contributed by atoms with E-state index >= 15 is 0 Å². The Balaban J connectivity index is 2.45. The second-order valence-electron chi connectivity index (χ2n) is 4.70. The van der Waals surface area contributed by atoms with Gasteiger partial charge in [0.15, 0.2) is 0 Å². The Hall–Kier alpha value is -1.94. The highest BCUT2D eigenvalue weighted by molar-refractivity contribution is 7.89. The average Bonchev–Trinajstić information content (AvgIpc) is 2.53. The lowest BCUT2D eigenvalue weighted by Gasteiger charge is -2.24. The van der Waals surface area contributed by atoms with Gasteiger partial charge in [0.25, 0.3) is 0 Å². The third-order valence-corrected chi connectivity index (χ3v) is 5.60. The topological polar surface area (TPSA) is 74.1 Å². The van der Waals surface area contributed by atoms with E-state index < -0.39 is 16.1 Å². The van der Waals surface area contributed by atoms with Crippen LogP contribution in [0, 0.1) is 11.3 Å². The van der Waals surface area contributed by atoms with Crippen LogP contribution in [0.25, 0.3) is 0 Å². The summed E-state index contributed by atoms with van der Waals surface area (Å²) in [6, 6.07) is 10.9. The van der Waals surface area contributed by atoms with Gasteiger partial charge in [0.05, 0.1) is 17.3 Å². The van der Waals surface area contributed by atoms with Crippen molar-refractivity contribution in [1.29, 1.82) is 5.26 Å². The monoisotopic (exact) mass is 335 g/mol. The largest absolute Gasteiger partial charge is 0.260 e. The molecule has 0 amide bonds. The van der Waals surface area contributed by atoms with Crippen LogP contribution in [0.3, 0.4) is 0 Å². The summed E-state index contributed by atoms with van der Waals surface area (Å²) in [5.74, 6) is 0. The van der Waals surface area contributed by atoms with Gasteiger partial charge >= 0.3 is 0 Å². The van der Waals surface area contributed by atoms with Gasteiger partial charge in [-0.15, -0.1) is 0 Å². The molecule has 0 radical (unpaired) electrons. The molecular formula is C15H14ClN3O2S. The summed E-state index contributed by atoms with van der Waals surface area (Å²) in [5.41, 5.74) is 0.647. The minimum Gasteiger partial charge on any atom is -0.260 e. The van der Waals surface area contributed by atoms with Gasteiger partial charge in [-0.3, -0.25) is 4.98 Å². The molecule has 0 aliphatic rings. The molecular weight excluding hydrogens is 322 g/mol. The van der Waals surface area contributed by atoms with Crippen LogP contribution < -0.4 is 0 Å². The normalized spacial score (nSPS) is 12.9. The number of sulfonamides is 1. The third-order valence-electron chi connectivity index (χ3n) is 3.38. The number of hydrogen-bond donors (Lipinski definition) is 0. The van der Waals surface area contributed by atoms with E-state index in [0.717, 1.165) is 0 Å². The summed E-state index contributed by atoms with van der Waals surface area (Å²) >= 11 is 5.81. The maximum atomic E-state index is 12.7. The molecule has 2 rings (SSSR count). The highest BCUT2D eigenvalue weighted by atomic mass is 35.5. The van der Waals surface area contributed by atoms with Crippen LogP contribution in [-0.2, 0) is 10.0 Å². The van der Waals surface area contributed by atoms with Crippen molar-refractivity contribution >= 4 is 21.6 Å². The Morgan fingerprint density at radius 1 is 1.32 bits per heavy atom. The van der Waals surface area contributed by atoms with Crippen LogP contribution in [0.2, 0.25) is 5.02 Å². The number of hydrogen-bond acceptors (Lipinski definition) is 4. The predicted molar refractivity (Wildman–Crippen MR) is 83.8 cm³/mol. The van der Waals surface area contributed by atoms with Crippen LogP contribution in [0.1, 0.15) is 24.2 Å². The Labute approximate surface area is 134 Å². The minimum absolute atomic E-state index is 0.0209. The molecule has 0 spiro atoms. The first-order valence-corrected chi connectivity index (χ1v) is 8.28. The maximum Gasteiger partial charge on any atom is 0.244 e. The fraction of sp³-hybridized carbons (Fsp3) is 0.200. The SMILES string of the molecule is CC(c1ccccn1)N(C)S(=O)(=O)c1ccc(Cl)cc1C#N. The lowest BCUT2D eigenvalue weighted by molar-refractivity contribution is 0.392. The van der Waals surface area contributed by atoms with Crippen molar-refractivity contribution in [3.05, 3.63) is 58.9 Å². The van der Waals surface area contributed by atoms with Crippen molar-refractivity contribution in [3.8, 4) is 6.07 Å². The second-order valence-corrected chi connectivity index (χ2v) is 7.11. The number of nitriles is 1. The van der Waals surface area contributed by atoms with Gasteiger partial charge < -0.3 is 0 Å². The van der Waals surface area contributed by atoms with Crippen molar-refractivity contribution < 1.29 is 8.42 Å². The van der Waals surface area contributed by atoms with E-state index in [9.17, 15) is 8.42 Å². The van der Waals surface area contributed by atoms with Crippen LogP contribution in [0.5, 0.6) is 0 Å². The van der Waals surface area contributed by atoms with Crippen LogP contribution >= 0.6 is 11.6 Å². The van der Waals surface area contributed by atoms with Crippen molar-refractivity contribution in [2.45, 2.75) is 17.9 Å². The number of nitrogens with zero attached hydrogens (tertiary/aromatic N) is 3. The van der Waals surface area contributed by atoms with E-state index in [-0.39, 0.29) is 10.5 Å². The Morgan fingerprint density at radius 3 is 2.64 bits per heavy atom. The van der Waals surface area contributed by atoms with Crippen molar-refractivity contribution in [3.63, 3.8) is 0 Å². The Bertz CT molecular complexity index is 816. The molecule has 7 heteroatoms. The van der Waals surface area contributed by atoms with Gasteiger partial charge in [0, 0.05) is 18.3 Å². The standard InChI is InChI=1S/C15H14ClN3O2S/c1-11(14-5-3-4-8-18-14)19(2)22(20,21)15-7-6-13(16)9-12(15)10-17/h3-9,11H,1-2H3. The molecule has 0 fully saturated rings. The first kappa shape index (κ1) is 16.4. The van der Waals surface area contributed by atoms with E-state index in [1.165, 1.54) is 29.6 Å². The summed E-state index contributed by atoms with van der Waals surface area (Å²) in [6.45, 7) is 1.74. The molecule has 0 aliphatic heterocycles. The molecule has 0 aliphatic carbocycles. The molecule has 1 aromatic heterocycles. The summed E-state index contributed by atoms with van der Waals surface area (Å²) in [5, 5.41) is 9.46. The van der Waals surface area contributed by atoms with Gasteiger partial charge in [0.2, 0.25) is 10.0 Å². The van der Waals surface area contributed by atoms with Crippen LogP contribution in [0.4, 0.5) is 0 Å². The molecule has 0 bridgehead atoms. The molecule has 0 N–H and O–H groups in total. The Kier molecular flexibility index (Phi) is 4.81. The zero-order valence-electron chi connectivity index (χ0n) is 12.1. The lowest BCUT2D eigenvalue weighted by Crippen LogP contribution is -2.30. The number of aromatic nitrogens is 1. The predicted octanol–water partition coefficient (Wildman–Crippen LogP) is 2.99. The smallest absolute Gasteiger partial charge is 0.244 e. The molecule has 22 heavy (non-hydrogen) atoms. The summed E-state index contributed by atoms with van der Waals surface area (Å²) in [7, 11) is -2.37. The number of benzene rings is 1. The second kappa shape index (κ2) is 6.44. The van der Waals surface area contributed by atoms with Crippen LogP contribution in [0.15, 0.2) is 47.5 Å². The molecule has 0 saturated carbocycles. The van der Waals surface area contributed by atoms with Gasteiger partial charge in [0.1, 0.15) is 11.0 Å². The van der Waals surface area contributed by atoms with Gasteiger partial charge in [-0.05, 0) is 37.3 Å². The number of rotatable bonds is 4. The van der Waals surface area contributed by atoms with Crippen molar-refractivity contribution in [1.82, 2.24) is 9.29 Å². The number of halogens is 1. The van der Waals surface area contributed by atoms with Gasteiger partial charge in [-0.25, -0.2) is 8.42 Å². The molecule has 1 unspecified atom stereocenters. The molecule has 5 nitrogen and oxygen atoms in total. The fourth-order valence-corrected chi connectivity index (χ4v) is 3.62. The van der Waals surface area contributed by atoms with Gasteiger partial charge in [-0.1, -0.05) is 17.7 Å². The van der Waals surface area contributed by atoms with E-state index in [1.807, 2.05) is 6.07 Å². The fourth-order valence-electron chi connectivity index (χ4n) is 1.99. The van der Waals surface area contributed by atoms with Crippen molar-refractivity contribution in [2.24, 2.45) is 0 Å².